The van der Waals surface area contributed by atoms with Crippen molar-refractivity contribution >= 4 is 17.5 Å². The molecule has 0 bridgehead atoms. The summed E-state index contributed by atoms with van der Waals surface area (Å²) < 4.78 is 0. The van der Waals surface area contributed by atoms with Crippen LogP contribution in [0.1, 0.15) is 81.4 Å². The molecule has 0 radical (unpaired) electrons. The molecule has 2 N–H and O–H groups in total. The summed E-state index contributed by atoms with van der Waals surface area (Å²) in [6.07, 6.45) is 2.57. The molecule has 1 heterocycles. The molecule has 0 saturated carbocycles. The molecule has 0 aliphatic carbocycles. The minimum Gasteiger partial charge on any atom is -0.352 e. The second-order valence-electron chi connectivity index (χ2n) is 7.29. The smallest absolute Gasteiger partial charge is 0.274 e. The van der Waals surface area contributed by atoms with Crippen LogP contribution >= 0.6 is 0 Å². The van der Waals surface area contributed by atoms with Crippen molar-refractivity contribution in [2.24, 2.45) is 0 Å². The summed E-state index contributed by atoms with van der Waals surface area (Å²) in [7, 11) is 0. The number of amides is 1. The van der Waals surface area contributed by atoms with Crippen molar-refractivity contribution in [1.29, 1.82) is 0 Å². The first kappa shape index (κ1) is 19.9. The van der Waals surface area contributed by atoms with Gasteiger partial charge in [-0.25, -0.2) is 9.97 Å². The number of hydrogen-bond donors (Lipinski definition) is 2. The summed E-state index contributed by atoms with van der Waals surface area (Å²) in [6, 6.07) is 8.09. The fourth-order valence-electron chi connectivity index (χ4n) is 2.75. The number of hydrogen-bond acceptors (Lipinski definition) is 4. The van der Waals surface area contributed by atoms with Crippen LogP contribution in [0.3, 0.4) is 0 Å². The fraction of sp³-hybridized carbons (Fsp3) is 0.476. The second kappa shape index (κ2) is 8.79. The molecule has 0 aliphatic rings. The Bertz CT molecular complexity index is 729. The number of nitrogens with one attached hydrogen (secondary N) is 2. The Labute approximate surface area is 156 Å². The molecule has 2 rings (SSSR count). The van der Waals surface area contributed by atoms with Crippen molar-refractivity contribution in [1.82, 2.24) is 9.97 Å². The number of nitrogens with zero attached hydrogens (tertiary/aromatic N) is 2. The van der Waals surface area contributed by atoms with Crippen LogP contribution < -0.4 is 10.6 Å². The lowest BCUT2D eigenvalue weighted by Crippen LogP contribution is -2.20. The van der Waals surface area contributed by atoms with E-state index in [-0.39, 0.29) is 11.9 Å². The Balaban J connectivity index is 2.32. The lowest BCUT2D eigenvalue weighted by molar-refractivity contribution is 0.102. The molecule has 1 aromatic heterocycles. The van der Waals surface area contributed by atoms with Gasteiger partial charge in [0, 0.05) is 17.9 Å². The van der Waals surface area contributed by atoms with Crippen LogP contribution in [0.5, 0.6) is 0 Å². The topological polar surface area (TPSA) is 66.9 Å². The zero-order valence-electron chi connectivity index (χ0n) is 16.6. The summed E-state index contributed by atoms with van der Waals surface area (Å²) in [6.45, 7) is 12.7. The standard InChI is InChI=1S/C21H30N4O/c1-7-15(6)23-21-22-12-11-18(24-21)20(26)25-19-16(13(2)3)9-8-10-17(19)14(4)5/h8-15H,7H2,1-6H3,(H,25,26)(H,22,23,24). The van der Waals surface area contributed by atoms with Gasteiger partial charge in [-0.2, -0.15) is 0 Å². The van der Waals surface area contributed by atoms with Crippen LogP contribution in [0, 0.1) is 0 Å². The third kappa shape index (κ3) is 4.81. The van der Waals surface area contributed by atoms with Crippen LogP contribution in [-0.4, -0.2) is 21.9 Å². The van der Waals surface area contributed by atoms with E-state index in [9.17, 15) is 4.79 Å². The van der Waals surface area contributed by atoms with Crippen LogP contribution in [0.15, 0.2) is 30.5 Å². The van der Waals surface area contributed by atoms with E-state index in [1.807, 2.05) is 0 Å². The van der Waals surface area contributed by atoms with Gasteiger partial charge < -0.3 is 10.6 Å². The minimum atomic E-state index is -0.213. The van der Waals surface area contributed by atoms with Gasteiger partial charge in [0.15, 0.2) is 0 Å². The van der Waals surface area contributed by atoms with Gasteiger partial charge in [-0.3, -0.25) is 4.79 Å². The summed E-state index contributed by atoms with van der Waals surface area (Å²) in [5.41, 5.74) is 3.53. The highest BCUT2D eigenvalue weighted by Crippen LogP contribution is 2.32. The predicted octanol–water partition coefficient (Wildman–Crippen LogP) is 5.19. The van der Waals surface area contributed by atoms with Crippen LogP contribution in [0.2, 0.25) is 0 Å². The molecule has 26 heavy (non-hydrogen) atoms. The van der Waals surface area contributed by atoms with E-state index in [2.05, 4.69) is 80.3 Å². The number of carbonyl (C=O) groups excluding carboxylic acids is 1. The van der Waals surface area contributed by atoms with E-state index in [4.69, 9.17) is 0 Å². The Hall–Kier alpha value is -2.43. The Morgan fingerprint density at radius 1 is 1.04 bits per heavy atom. The highest BCUT2D eigenvalue weighted by Gasteiger charge is 2.18. The molecule has 0 aliphatic heterocycles. The zero-order chi connectivity index (χ0) is 19.3. The zero-order valence-corrected chi connectivity index (χ0v) is 16.6. The number of benzene rings is 1. The lowest BCUT2D eigenvalue weighted by Gasteiger charge is -2.20. The highest BCUT2D eigenvalue weighted by molar-refractivity contribution is 6.04. The largest absolute Gasteiger partial charge is 0.352 e. The van der Waals surface area contributed by atoms with Gasteiger partial charge >= 0.3 is 0 Å². The molecule has 0 spiro atoms. The Morgan fingerprint density at radius 2 is 1.65 bits per heavy atom. The maximum Gasteiger partial charge on any atom is 0.274 e. The Kier molecular flexibility index (Phi) is 6.72. The van der Waals surface area contributed by atoms with Crippen molar-refractivity contribution in [3.8, 4) is 0 Å². The maximum atomic E-state index is 12.8. The van der Waals surface area contributed by atoms with Crippen molar-refractivity contribution in [2.75, 3.05) is 10.6 Å². The molecule has 1 aromatic carbocycles. The molecule has 140 valence electrons. The molecule has 2 aromatic rings. The summed E-state index contributed by atoms with van der Waals surface area (Å²) in [5.74, 6) is 0.900. The number of rotatable bonds is 7. The molecule has 5 nitrogen and oxygen atoms in total. The average molecular weight is 354 g/mol. The lowest BCUT2D eigenvalue weighted by atomic mass is 9.92. The molecule has 5 heteroatoms. The quantitative estimate of drug-likeness (QED) is 0.718. The van der Waals surface area contributed by atoms with E-state index < -0.39 is 0 Å². The van der Waals surface area contributed by atoms with Crippen molar-refractivity contribution < 1.29 is 4.79 Å². The van der Waals surface area contributed by atoms with Gasteiger partial charge in [0.2, 0.25) is 5.95 Å². The van der Waals surface area contributed by atoms with E-state index in [0.29, 0.717) is 23.5 Å². The van der Waals surface area contributed by atoms with Gasteiger partial charge in [0.25, 0.3) is 5.91 Å². The Morgan fingerprint density at radius 3 is 2.19 bits per heavy atom. The van der Waals surface area contributed by atoms with Crippen molar-refractivity contribution in [2.45, 2.75) is 65.8 Å². The second-order valence-corrected chi connectivity index (χ2v) is 7.29. The van der Waals surface area contributed by atoms with Crippen molar-refractivity contribution in [3.63, 3.8) is 0 Å². The van der Waals surface area contributed by atoms with Gasteiger partial charge in [-0.1, -0.05) is 52.8 Å². The van der Waals surface area contributed by atoms with Crippen molar-refractivity contribution in [3.05, 3.63) is 47.3 Å². The molecule has 1 atom stereocenters. The number of carbonyl (C=O) groups is 1. The van der Waals surface area contributed by atoms with E-state index in [1.165, 1.54) is 0 Å². The maximum absolute atomic E-state index is 12.8. The van der Waals surface area contributed by atoms with E-state index in [1.54, 1.807) is 12.3 Å². The highest BCUT2D eigenvalue weighted by atomic mass is 16.1. The predicted molar refractivity (Wildman–Crippen MR) is 108 cm³/mol. The molecular formula is C21H30N4O. The number of anilines is 2. The first-order valence-electron chi connectivity index (χ1n) is 9.37. The van der Waals surface area contributed by atoms with Gasteiger partial charge in [-0.15, -0.1) is 0 Å². The summed E-state index contributed by atoms with van der Waals surface area (Å²) >= 11 is 0. The van der Waals surface area contributed by atoms with Crippen LogP contribution in [0.4, 0.5) is 11.6 Å². The number of aromatic nitrogens is 2. The third-order valence-corrected chi connectivity index (χ3v) is 4.49. The van der Waals surface area contributed by atoms with E-state index >= 15 is 0 Å². The first-order chi connectivity index (χ1) is 12.3. The normalized spacial score (nSPS) is 12.3. The molecule has 0 fully saturated rings. The molecule has 0 saturated heterocycles. The SMILES string of the molecule is CCC(C)Nc1nccc(C(=O)Nc2c(C(C)C)cccc2C(C)C)n1. The molecule has 1 unspecified atom stereocenters. The van der Waals surface area contributed by atoms with Gasteiger partial charge in [0.05, 0.1) is 0 Å². The monoisotopic (exact) mass is 354 g/mol. The third-order valence-electron chi connectivity index (χ3n) is 4.49. The summed E-state index contributed by atoms with van der Waals surface area (Å²) in [4.78, 5) is 21.4. The molecular weight excluding hydrogens is 324 g/mol. The molecule has 1 amide bonds. The van der Waals surface area contributed by atoms with Crippen LogP contribution in [0.25, 0.3) is 0 Å². The fourth-order valence-corrected chi connectivity index (χ4v) is 2.75. The summed E-state index contributed by atoms with van der Waals surface area (Å²) in [5, 5.41) is 6.30. The van der Waals surface area contributed by atoms with Crippen LogP contribution in [-0.2, 0) is 0 Å². The van der Waals surface area contributed by atoms with E-state index in [0.717, 1.165) is 23.2 Å². The minimum absolute atomic E-state index is 0.213. The average Bonchev–Trinajstić information content (AvgIpc) is 2.61. The van der Waals surface area contributed by atoms with Gasteiger partial charge in [0.1, 0.15) is 5.69 Å². The van der Waals surface area contributed by atoms with Gasteiger partial charge in [-0.05, 0) is 42.4 Å². The first-order valence-corrected chi connectivity index (χ1v) is 9.37. The number of para-hydroxylation sites is 1.